The molecule has 0 aliphatic rings. The van der Waals surface area contributed by atoms with E-state index in [1.807, 2.05) is 22.5 Å². The van der Waals surface area contributed by atoms with Crippen molar-refractivity contribution in [3.63, 3.8) is 0 Å². The molecule has 0 fully saturated rings. The summed E-state index contributed by atoms with van der Waals surface area (Å²) < 4.78 is 5.14. The Labute approximate surface area is 128 Å². The fraction of sp³-hybridized carbons (Fsp3) is 0.571. The molecule has 0 amide bonds. The van der Waals surface area contributed by atoms with Gasteiger partial charge in [0.05, 0.1) is 28.1 Å². The molecule has 2 aromatic rings. The maximum absolute atomic E-state index is 4.53. The first-order valence-electron chi connectivity index (χ1n) is 6.98. The van der Waals surface area contributed by atoms with Gasteiger partial charge in [-0.1, -0.05) is 13.8 Å². The van der Waals surface area contributed by atoms with Crippen LogP contribution in [-0.2, 0) is 19.6 Å². The lowest BCUT2D eigenvalue weighted by Gasteiger charge is -2.12. The first kappa shape index (κ1) is 15.3. The number of hydrogen-bond donors (Lipinski definition) is 1. The number of nitrogens with one attached hydrogen (secondary N) is 1. The van der Waals surface area contributed by atoms with Gasteiger partial charge in [0.1, 0.15) is 0 Å². The lowest BCUT2D eigenvalue weighted by Crippen LogP contribution is -2.24. The lowest BCUT2D eigenvalue weighted by atomic mass is 10.3. The number of halogens is 1. The zero-order valence-corrected chi connectivity index (χ0v) is 14.1. The predicted octanol–water partition coefficient (Wildman–Crippen LogP) is 2.72. The summed E-state index contributed by atoms with van der Waals surface area (Å²) in [5, 5.41) is 12.4. The van der Waals surface area contributed by atoms with Crippen LogP contribution in [0.4, 0.5) is 0 Å². The van der Waals surface area contributed by atoms with Gasteiger partial charge in [-0.15, -0.1) is 0 Å². The minimum atomic E-state index is 0.466. The zero-order valence-electron chi connectivity index (χ0n) is 12.5. The van der Waals surface area contributed by atoms with Crippen LogP contribution in [0.5, 0.6) is 0 Å². The van der Waals surface area contributed by atoms with Gasteiger partial charge in [0, 0.05) is 25.3 Å². The molecule has 0 unspecified atom stereocenters. The maximum atomic E-state index is 4.53. The second-order valence-electron chi connectivity index (χ2n) is 5.18. The molecule has 2 aromatic heterocycles. The van der Waals surface area contributed by atoms with Crippen LogP contribution in [0.3, 0.4) is 0 Å². The smallest absolute Gasteiger partial charge is 0.0843 e. The third-order valence-electron chi connectivity index (χ3n) is 3.25. The van der Waals surface area contributed by atoms with E-state index in [2.05, 4.69) is 58.3 Å². The lowest BCUT2D eigenvalue weighted by molar-refractivity contribution is 0.527. The third-order valence-corrected chi connectivity index (χ3v) is 4.28. The van der Waals surface area contributed by atoms with Gasteiger partial charge in [-0.05, 0) is 35.8 Å². The molecule has 0 spiro atoms. The molecule has 0 saturated carbocycles. The molecular weight excluding hydrogens is 318 g/mol. The van der Waals surface area contributed by atoms with Gasteiger partial charge in [0.25, 0.3) is 0 Å². The monoisotopic (exact) mass is 339 g/mol. The Morgan fingerprint density at radius 3 is 2.75 bits per heavy atom. The molecule has 2 heterocycles. The van der Waals surface area contributed by atoms with Crippen LogP contribution in [0.2, 0.25) is 0 Å². The highest BCUT2D eigenvalue weighted by Gasteiger charge is 2.14. The Bertz CT molecular complexity index is 570. The van der Waals surface area contributed by atoms with Crippen molar-refractivity contribution < 1.29 is 0 Å². The fourth-order valence-electron chi connectivity index (χ4n) is 2.12. The van der Waals surface area contributed by atoms with E-state index in [4.69, 9.17) is 0 Å². The van der Waals surface area contributed by atoms with Crippen LogP contribution in [-0.4, -0.2) is 25.6 Å². The molecule has 0 atom stereocenters. The first-order chi connectivity index (χ1) is 9.52. The van der Waals surface area contributed by atoms with E-state index in [1.165, 1.54) is 11.4 Å². The second-order valence-corrected chi connectivity index (χ2v) is 5.97. The van der Waals surface area contributed by atoms with Gasteiger partial charge in [-0.3, -0.25) is 9.36 Å². The number of nitrogens with zero attached hydrogens (tertiary/aromatic N) is 4. The van der Waals surface area contributed by atoms with Crippen molar-refractivity contribution in [2.45, 2.75) is 53.4 Å². The van der Waals surface area contributed by atoms with Crippen LogP contribution in [0.1, 0.15) is 37.9 Å². The van der Waals surface area contributed by atoms with Gasteiger partial charge in [0.15, 0.2) is 0 Å². The van der Waals surface area contributed by atoms with Gasteiger partial charge >= 0.3 is 0 Å². The maximum Gasteiger partial charge on any atom is 0.0843 e. The van der Waals surface area contributed by atoms with Gasteiger partial charge in [-0.2, -0.15) is 10.2 Å². The van der Waals surface area contributed by atoms with Crippen LogP contribution in [0.25, 0.3) is 0 Å². The van der Waals surface area contributed by atoms with Crippen LogP contribution >= 0.6 is 15.9 Å². The summed E-state index contributed by atoms with van der Waals surface area (Å²) in [6, 6.07) is 2.52. The number of hydrogen-bond acceptors (Lipinski definition) is 3. The number of rotatable bonds is 6. The molecule has 0 bridgehead atoms. The first-order valence-corrected chi connectivity index (χ1v) is 7.78. The standard InChI is InChI=1S/C14H22BrN5/c1-5-19-13(14(15)11(4)18-19)9-20-12(6-7-17-20)8-16-10(2)3/h6-7,10,16H,5,8-9H2,1-4H3. The Kier molecular flexibility index (Phi) is 4.99. The normalized spacial score (nSPS) is 11.5. The van der Waals surface area contributed by atoms with Gasteiger partial charge < -0.3 is 5.32 Å². The molecule has 110 valence electrons. The summed E-state index contributed by atoms with van der Waals surface area (Å²) in [7, 11) is 0. The minimum absolute atomic E-state index is 0.466. The second kappa shape index (κ2) is 6.54. The highest BCUT2D eigenvalue weighted by atomic mass is 79.9. The molecule has 1 N–H and O–H groups in total. The number of aryl methyl sites for hydroxylation is 2. The van der Waals surface area contributed by atoms with E-state index in [9.17, 15) is 0 Å². The van der Waals surface area contributed by atoms with Crippen molar-refractivity contribution in [1.29, 1.82) is 0 Å². The average Bonchev–Trinajstić information content (AvgIpc) is 2.96. The van der Waals surface area contributed by atoms with E-state index in [1.54, 1.807) is 0 Å². The van der Waals surface area contributed by atoms with Crippen molar-refractivity contribution >= 4 is 15.9 Å². The predicted molar refractivity (Wildman–Crippen MR) is 83.6 cm³/mol. The molecule has 0 aliphatic heterocycles. The van der Waals surface area contributed by atoms with Crippen molar-refractivity contribution in [1.82, 2.24) is 24.9 Å². The highest BCUT2D eigenvalue weighted by Crippen LogP contribution is 2.22. The molecule has 0 aromatic carbocycles. The topological polar surface area (TPSA) is 47.7 Å². The van der Waals surface area contributed by atoms with Gasteiger partial charge in [-0.25, -0.2) is 0 Å². The fourth-order valence-corrected chi connectivity index (χ4v) is 2.53. The summed E-state index contributed by atoms with van der Waals surface area (Å²) in [5.41, 5.74) is 3.38. The molecule has 6 heteroatoms. The molecular formula is C14H22BrN5. The van der Waals surface area contributed by atoms with E-state index in [0.29, 0.717) is 6.04 Å². The SMILES string of the molecule is CCn1nc(C)c(Br)c1Cn1nccc1CNC(C)C. The van der Waals surface area contributed by atoms with Crippen LogP contribution in [0.15, 0.2) is 16.7 Å². The Morgan fingerprint density at radius 2 is 2.10 bits per heavy atom. The quantitative estimate of drug-likeness (QED) is 0.880. The van der Waals surface area contributed by atoms with Crippen molar-refractivity contribution in [3.05, 3.63) is 33.8 Å². The third kappa shape index (κ3) is 3.30. The van der Waals surface area contributed by atoms with Gasteiger partial charge in [0.2, 0.25) is 0 Å². The molecule has 5 nitrogen and oxygen atoms in total. The highest BCUT2D eigenvalue weighted by molar-refractivity contribution is 9.10. The minimum Gasteiger partial charge on any atom is -0.309 e. The van der Waals surface area contributed by atoms with Crippen molar-refractivity contribution in [3.8, 4) is 0 Å². The number of aromatic nitrogens is 4. The van der Waals surface area contributed by atoms with E-state index in [-0.39, 0.29) is 0 Å². The Morgan fingerprint density at radius 1 is 1.35 bits per heavy atom. The summed E-state index contributed by atoms with van der Waals surface area (Å²) in [5.74, 6) is 0. The van der Waals surface area contributed by atoms with Crippen molar-refractivity contribution in [2.24, 2.45) is 0 Å². The van der Waals surface area contributed by atoms with Crippen LogP contribution in [0, 0.1) is 6.92 Å². The van der Waals surface area contributed by atoms with Crippen LogP contribution < -0.4 is 5.32 Å². The molecule has 0 aliphatic carbocycles. The van der Waals surface area contributed by atoms with E-state index < -0.39 is 0 Å². The molecule has 0 saturated heterocycles. The average molecular weight is 340 g/mol. The molecule has 0 radical (unpaired) electrons. The molecule has 20 heavy (non-hydrogen) atoms. The van der Waals surface area contributed by atoms with E-state index >= 15 is 0 Å². The van der Waals surface area contributed by atoms with E-state index in [0.717, 1.165) is 29.8 Å². The Balaban J connectivity index is 2.20. The largest absolute Gasteiger partial charge is 0.309 e. The zero-order chi connectivity index (χ0) is 14.7. The summed E-state index contributed by atoms with van der Waals surface area (Å²) in [6.07, 6.45) is 1.85. The molecule has 2 rings (SSSR count). The van der Waals surface area contributed by atoms with Crippen molar-refractivity contribution in [2.75, 3.05) is 0 Å². The summed E-state index contributed by atoms with van der Waals surface area (Å²) in [4.78, 5) is 0. The summed E-state index contributed by atoms with van der Waals surface area (Å²) in [6.45, 7) is 10.8. The Hall–Kier alpha value is -1.14. The summed E-state index contributed by atoms with van der Waals surface area (Å²) >= 11 is 3.63.